The third-order valence-electron chi connectivity index (χ3n) is 2.11. The SMILES string of the molecule is C1=NCCn2cccc21.O=C(O)CCC(=O)O. The van der Waals surface area contributed by atoms with E-state index in [1.165, 1.54) is 5.69 Å². The summed E-state index contributed by atoms with van der Waals surface area (Å²) in [7, 11) is 0. The number of aliphatic imine (C=N–C) groups is 1. The molecule has 1 aromatic rings. The molecular formula is C11H14N2O4. The summed E-state index contributed by atoms with van der Waals surface area (Å²) in [5.74, 6) is -2.15. The quantitative estimate of drug-likeness (QED) is 0.816. The molecule has 2 rings (SSSR count). The van der Waals surface area contributed by atoms with E-state index < -0.39 is 11.9 Å². The first-order valence-corrected chi connectivity index (χ1v) is 5.18. The number of carboxylic acids is 2. The normalized spacial score (nSPS) is 12.2. The highest BCUT2D eigenvalue weighted by atomic mass is 16.4. The van der Waals surface area contributed by atoms with Crippen LogP contribution in [-0.2, 0) is 16.1 Å². The van der Waals surface area contributed by atoms with Gasteiger partial charge in [-0.05, 0) is 12.1 Å². The molecule has 2 heterocycles. The van der Waals surface area contributed by atoms with Crippen LogP contribution in [0.25, 0.3) is 0 Å². The summed E-state index contributed by atoms with van der Waals surface area (Å²) >= 11 is 0. The predicted octanol–water partition coefficient (Wildman–Crippen LogP) is 0.856. The summed E-state index contributed by atoms with van der Waals surface area (Å²) in [6.07, 6.45) is 3.41. The molecule has 1 aliphatic rings. The Labute approximate surface area is 98.2 Å². The number of rotatable bonds is 3. The summed E-state index contributed by atoms with van der Waals surface area (Å²) in [5, 5.41) is 15.8. The number of aromatic nitrogens is 1. The molecule has 6 heteroatoms. The van der Waals surface area contributed by atoms with Gasteiger partial charge in [-0.3, -0.25) is 14.6 Å². The largest absolute Gasteiger partial charge is 0.481 e. The van der Waals surface area contributed by atoms with Crippen molar-refractivity contribution in [3.05, 3.63) is 24.0 Å². The van der Waals surface area contributed by atoms with Crippen molar-refractivity contribution in [2.45, 2.75) is 19.4 Å². The Morgan fingerprint density at radius 3 is 2.47 bits per heavy atom. The summed E-state index contributed by atoms with van der Waals surface area (Å²) in [6.45, 7) is 1.97. The van der Waals surface area contributed by atoms with E-state index in [9.17, 15) is 9.59 Å². The third-order valence-corrected chi connectivity index (χ3v) is 2.11. The van der Waals surface area contributed by atoms with Gasteiger partial charge in [0.15, 0.2) is 0 Å². The Morgan fingerprint density at radius 2 is 1.94 bits per heavy atom. The molecule has 1 aliphatic heterocycles. The monoisotopic (exact) mass is 238 g/mol. The van der Waals surface area contributed by atoms with Gasteiger partial charge in [-0.25, -0.2) is 0 Å². The lowest BCUT2D eigenvalue weighted by Gasteiger charge is -2.07. The second-order valence-corrected chi connectivity index (χ2v) is 3.45. The molecule has 0 saturated carbocycles. The smallest absolute Gasteiger partial charge is 0.303 e. The molecule has 0 unspecified atom stereocenters. The average molecular weight is 238 g/mol. The van der Waals surface area contributed by atoms with Crippen LogP contribution in [0.5, 0.6) is 0 Å². The highest BCUT2D eigenvalue weighted by Crippen LogP contribution is 2.02. The summed E-state index contributed by atoms with van der Waals surface area (Å²) in [4.78, 5) is 23.4. The lowest BCUT2D eigenvalue weighted by molar-refractivity contribution is -0.143. The summed E-state index contributed by atoms with van der Waals surface area (Å²) < 4.78 is 2.20. The van der Waals surface area contributed by atoms with Gasteiger partial charge in [0.1, 0.15) is 0 Å². The van der Waals surface area contributed by atoms with Crippen molar-refractivity contribution >= 4 is 18.2 Å². The number of carboxylic acid groups (broad SMARTS) is 2. The highest BCUT2D eigenvalue weighted by molar-refractivity contribution is 5.78. The minimum absolute atomic E-state index is 0.296. The second-order valence-electron chi connectivity index (χ2n) is 3.45. The minimum atomic E-state index is -1.08. The molecule has 2 N–H and O–H groups in total. The van der Waals surface area contributed by atoms with Crippen LogP contribution in [0.3, 0.4) is 0 Å². The number of aliphatic carboxylic acids is 2. The van der Waals surface area contributed by atoms with Crippen LogP contribution in [0, 0.1) is 0 Å². The number of nitrogens with zero attached hydrogens (tertiary/aromatic N) is 2. The van der Waals surface area contributed by atoms with Gasteiger partial charge < -0.3 is 14.8 Å². The van der Waals surface area contributed by atoms with Gasteiger partial charge in [-0.2, -0.15) is 0 Å². The molecule has 0 bridgehead atoms. The second kappa shape index (κ2) is 6.47. The molecule has 6 nitrogen and oxygen atoms in total. The zero-order valence-corrected chi connectivity index (χ0v) is 9.24. The Bertz CT molecular complexity index is 409. The van der Waals surface area contributed by atoms with E-state index in [1.807, 2.05) is 12.3 Å². The molecule has 0 radical (unpaired) electrons. The van der Waals surface area contributed by atoms with Crippen LogP contribution >= 0.6 is 0 Å². The van der Waals surface area contributed by atoms with Gasteiger partial charge in [0.05, 0.1) is 25.1 Å². The van der Waals surface area contributed by atoms with Crippen LogP contribution in [-0.4, -0.2) is 39.5 Å². The molecule has 0 aliphatic carbocycles. The van der Waals surface area contributed by atoms with Crippen molar-refractivity contribution in [1.29, 1.82) is 0 Å². The zero-order chi connectivity index (χ0) is 12.7. The summed E-state index contributed by atoms with van der Waals surface area (Å²) in [5.41, 5.74) is 1.22. The van der Waals surface area contributed by atoms with Crippen LogP contribution < -0.4 is 0 Å². The number of fused-ring (bicyclic) bond motifs is 1. The van der Waals surface area contributed by atoms with Crippen LogP contribution in [0.1, 0.15) is 18.5 Å². The average Bonchev–Trinajstić information content (AvgIpc) is 2.75. The molecule has 0 spiro atoms. The maximum Gasteiger partial charge on any atom is 0.303 e. The van der Waals surface area contributed by atoms with E-state index in [1.54, 1.807) is 0 Å². The highest BCUT2D eigenvalue weighted by Gasteiger charge is 2.00. The zero-order valence-electron chi connectivity index (χ0n) is 9.24. The Morgan fingerprint density at radius 1 is 1.29 bits per heavy atom. The first-order chi connectivity index (χ1) is 8.09. The number of hydrogen-bond donors (Lipinski definition) is 2. The van der Waals surface area contributed by atoms with Crippen molar-refractivity contribution in [2.24, 2.45) is 4.99 Å². The Hall–Kier alpha value is -2.11. The minimum Gasteiger partial charge on any atom is -0.481 e. The first-order valence-electron chi connectivity index (χ1n) is 5.18. The van der Waals surface area contributed by atoms with Gasteiger partial charge in [-0.1, -0.05) is 0 Å². The Kier molecular flexibility index (Phi) is 4.93. The topological polar surface area (TPSA) is 91.9 Å². The molecule has 92 valence electrons. The maximum absolute atomic E-state index is 9.64. The van der Waals surface area contributed by atoms with Crippen LogP contribution in [0.2, 0.25) is 0 Å². The fourth-order valence-corrected chi connectivity index (χ4v) is 1.29. The van der Waals surface area contributed by atoms with Crippen molar-refractivity contribution in [2.75, 3.05) is 6.54 Å². The predicted molar refractivity (Wildman–Crippen MR) is 61.4 cm³/mol. The van der Waals surface area contributed by atoms with Crippen molar-refractivity contribution < 1.29 is 19.8 Å². The van der Waals surface area contributed by atoms with Crippen LogP contribution in [0.15, 0.2) is 23.3 Å². The van der Waals surface area contributed by atoms with E-state index >= 15 is 0 Å². The van der Waals surface area contributed by atoms with E-state index in [-0.39, 0.29) is 12.8 Å². The molecule has 0 aromatic carbocycles. The van der Waals surface area contributed by atoms with Gasteiger partial charge >= 0.3 is 11.9 Å². The third kappa shape index (κ3) is 4.96. The molecule has 17 heavy (non-hydrogen) atoms. The number of hydrogen-bond acceptors (Lipinski definition) is 3. The van der Waals surface area contributed by atoms with Crippen molar-refractivity contribution in [1.82, 2.24) is 4.57 Å². The molecule has 0 fully saturated rings. The lowest BCUT2D eigenvalue weighted by atomic mass is 10.3. The lowest BCUT2D eigenvalue weighted by Crippen LogP contribution is -2.08. The van der Waals surface area contributed by atoms with Gasteiger partial charge in [-0.15, -0.1) is 0 Å². The van der Waals surface area contributed by atoms with E-state index in [4.69, 9.17) is 10.2 Å². The van der Waals surface area contributed by atoms with Crippen molar-refractivity contribution in [3.63, 3.8) is 0 Å². The molecule has 0 amide bonds. The molecular weight excluding hydrogens is 224 g/mol. The molecule has 1 aromatic heterocycles. The van der Waals surface area contributed by atoms with E-state index in [0.717, 1.165) is 13.1 Å². The van der Waals surface area contributed by atoms with Gasteiger partial charge in [0.2, 0.25) is 0 Å². The maximum atomic E-state index is 9.64. The van der Waals surface area contributed by atoms with E-state index in [2.05, 4.69) is 21.8 Å². The fraction of sp³-hybridized carbons (Fsp3) is 0.364. The van der Waals surface area contributed by atoms with Crippen molar-refractivity contribution in [3.8, 4) is 0 Å². The van der Waals surface area contributed by atoms with E-state index in [0.29, 0.717) is 0 Å². The number of carbonyl (C=O) groups is 2. The van der Waals surface area contributed by atoms with Gasteiger partial charge in [0, 0.05) is 19.0 Å². The molecule has 0 saturated heterocycles. The fourth-order valence-electron chi connectivity index (χ4n) is 1.29. The standard InChI is InChI=1S/C7H8N2.C4H6O4/c1-2-7-6-8-3-5-9(7)4-1;5-3(6)1-2-4(7)8/h1-2,4,6H,3,5H2;1-2H2,(H,5,6)(H,7,8). The van der Waals surface area contributed by atoms with Gasteiger partial charge in [0.25, 0.3) is 0 Å². The van der Waals surface area contributed by atoms with Crippen LogP contribution in [0.4, 0.5) is 0 Å². The summed E-state index contributed by atoms with van der Waals surface area (Å²) in [6, 6.07) is 4.12. The molecule has 0 atom stereocenters. The first kappa shape index (κ1) is 13.0. The Balaban J connectivity index is 0.000000172.